The van der Waals surface area contributed by atoms with Gasteiger partial charge in [-0.25, -0.2) is 0 Å². The zero-order valence-electron chi connectivity index (χ0n) is 11.3. The molecule has 3 nitrogen and oxygen atoms in total. The maximum Gasteiger partial charge on any atom is 0.107 e. The molecule has 0 aromatic heterocycles. The highest BCUT2D eigenvalue weighted by atomic mass is 15.1. The molecule has 1 fully saturated rings. The van der Waals surface area contributed by atoms with Crippen LogP contribution in [-0.4, -0.2) is 17.0 Å². The molecular weight excluding hydrogens is 234 g/mol. The van der Waals surface area contributed by atoms with Crippen LogP contribution < -0.4 is 5.73 Å². The molecule has 1 heterocycles. The van der Waals surface area contributed by atoms with Crippen molar-refractivity contribution in [2.75, 3.05) is 6.54 Å². The number of fused-ring (bicyclic) bond motifs is 1. The Morgan fingerprint density at radius 2 is 2.00 bits per heavy atom. The van der Waals surface area contributed by atoms with Gasteiger partial charge >= 0.3 is 0 Å². The van der Waals surface area contributed by atoms with Crippen LogP contribution >= 0.6 is 0 Å². The van der Waals surface area contributed by atoms with E-state index in [1.54, 1.807) is 0 Å². The second-order valence-electron chi connectivity index (χ2n) is 6.01. The Hall–Kier alpha value is -1.37. The Kier molecular flexibility index (Phi) is 3.30. The molecule has 100 valence electrons. The fraction of sp³-hybridized carbons (Fsp3) is 0.562. The topological polar surface area (TPSA) is 53.1 Å². The molecule has 3 heteroatoms. The van der Waals surface area contributed by atoms with Gasteiger partial charge < -0.3 is 5.73 Å². The smallest absolute Gasteiger partial charge is 0.107 e. The normalized spacial score (nSPS) is 30.2. The predicted octanol–water partition coefficient (Wildman–Crippen LogP) is 2.41. The van der Waals surface area contributed by atoms with Crippen LogP contribution in [0, 0.1) is 17.2 Å². The highest BCUT2D eigenvalue weighted by Crippen LogP contribution is 2.36. The fourth-order valence-electron chi connectivity index (χ4n) is 3.55. The van der Waals surface area contributed by atoms with Crippen LogP contribution in [0.3, 0.4) is 0 Å². The Bertz CT molecular complexity index is 480. The van der Waals surface area contributed by atoms with Crippen molar-refractivity contribution < 1.29 is 0 Å². The molecule has 2 N–H and O–H groups in total. The van der Waals surface area contributed by atoms with E-state index < -0.39 is 5.54 Å². The number of hydrogen-bond acceptors (Lipinski definition) is 3. The van der Waals surface area contributed by atoms with E-state index in [2.05, 4.69) is 35.2 Å². The highest BCUT2D eigenvalue weighted by Gasteiger charge is 2.39. The standard InChI is InChI=1S/C16H21N3/c17-12-16(18)8-3-6-15(16)7-9-19-10-13-4-1-2-5-14(13)11-19/h1-2,4-5,15H,3,6-11,18H2. The van der Waals surface area contributed by atoms with Crippen LogP contribution in [0.2, 0.25) is 0 Å². The molecule has 0 amide bonds. The van der Waals surface area contributed by atoms with E-state index in [1.807, 2.05) is 0 Å². The third-order valence-electron chi connectivity index (χ3n) is 4.78. The number of benzene rings is 1. The largest absolute Gasteiger partial charge is 0.313 e. The number of nitrogens with zero attached hydrogens (tertiary/aromatic N) is 2. The Balaban J connectivity index is 1.56. The maximum atomic E-state index is 9.24. The van der Waals surface area contributed by atoms with E-state index >= 15 is 0 Å². The average Bonchev–Trinajstić information content (AvgIpc) is 3.00. The number of nitrogens with two attached hydrogens (primary N) is 1. The molecule has 0 radical (unpaired) electrons. The zero-order chi connectivity index (χ0) is 13.3. The molecule has 19 heavy (non-hydrogen) atoms. The average molecular weight is 255 g/mol. The number of rotatable bonds is 3. The van der Waals surface area contributed by atoms with Gasteiger partial charge in [-0.1, -0.05) is 30.7 Å². The highest BCUT2D eigenvalue weighted by molar-refractivity contribution is 5.30. The van der Waals surface area contributed by atoms with Crippen LogP contribution in [0.5, 0.6) is 0 Å². The minimum absolute atomic E-state index is 0.376. The molecule has 1 aromatic carbocycles. The quantitative estimate of drug-likeness (QED) is 0.902. The van der Waals surface area contributed by atoms with E-state index in [0.29, 0.717) is 5.92 Å². The van der Waals surface area contributed by atoms with Crippen LogP contribution in [-0.2, 0) is 13.1 Å². The first-order valence-corrected chi connectivity index (χ1v) is 7.20. The van der Waals surface area contributed by atoms with Crippen molar-refractivity contribution in [3.63, 3.8) is 0 Å². The molecule has 0 bridgehead atoms. The molecule has 1 aliphatic heterocycles. The first-order chi connectivity index (χ1) is 9.21. The summed E-state index contributed by atoms with van der Waals surface area (Å²) in [6.45, 7) is 3.15. The SMILES string of the molecule is N#CC1(N)CCCC1CCN1Cc2ccccc2C1. The molecule has 2 unspecified atom stereocenters. The van der Waals surface area contributed by atoms with E-state index in [1.165, 1.54) is 11.1 Å². The molecule has 0 spiro atoms. The summed E-state index contributed by atoms with van der Waals surface area (Å²) >= 11 is 0. The van der Waals surface area contributed by atoms with Crippen LogP contribution in [0.4, 0.5) is 0 Å². The summed E-state index contributed by atoms with van der Waals surface area (Å²) in [5.41, 5.74) is 8.53. The summed E-state index contributed by atoms with van der Waals surface area (Å²) in [6.07, 6.45) is 4.15. The van der Waals surface area contributed by atoms with E-state index in [4.69, 9.17) is 5.73 Å². The maximum absolute atomic E-state index is 9.24. The Morgan fingerprint density at radius 1 is 1.32 bits per heavy atom. The van der Waals surface area contributed by atoms with E-state index in [9.17, 15) is 5.26 Å². The lowest BCUT2D eigenvalue weighted by atomic mass is 9.87. The summed E-state index contributed by atoms with van der Waals surface area (Å²) in [5, 5.41) is 9.24. The second-order valence-corrected chi connectivity index (χ2v) is 6.01. The molecular formula is C16H21N3. The van der Waals surface area contributed by atoms with Gasteiger partial charge in [0.1, 0.15) is 5.54 Å². The van der Waals surface area contributed by atoms with Crippen molar-refractivity contribution >= 4 is 0 Å². The molecule has 3 rings (SSSR count). The lowest BCUT2D eigenvalue weighted by Gasteiger charge is -2.26. The Morgan fingerprint density at radius 3 is 2.63 bits per heavy atom. The van der Waals surface area contributed by atoms with Crippen molar-refractivity contribution in [2.24, 2.45) is 11.7 Å². The van der Waals surface area contributed by atoms with Crippen LogP contribution in [0.1, 0.15) is 36.8 Å². The first kappa shape index (κ1) is 12.7. The van der Waals surface area contributed by atoms with Gasteiger partial charge in [-0.2, -0.15) is 5.26 Å². The van der Waals surface area contributed by atoms with Gasteiger partial charge in [-0.15, -0.1) is 0 Å². The zero-order valence-corrected chi connectivity index (χ0v) is 11.3. The number of hydrogen-bond donors (Lipinski definition) is 1. The Labute approximate surface area is 115 Å². The van der Waals surface area contributed by atoms with Crippen molar-refractivity contribution in [1.82, 2.24) is 4.90 Å². The summed E-state index contributed by atoms with van der Waals surface area (Å²) in [5.74, 6) is 0.376. The first-order valence-electron chi connectivity index (χ1n) is 7.20. The third-order valence-corrected chi connectivity index (χ3v) is 4.78. The van der Waals surface area contributed by atoms with Crippen molar-refractivity contribution in [1.29, 1.82) is 5.26 Å². The van der Waals surface area contributed by atoms with Gasteiger partial charge in [-0.3, -0.25) is 4.90 Å². The van der Waals surface area contributed by atoms with Gasteiger partial charge in [0.2, 0.25) is 0 Å². The molecule has 1 saturated carbocycles. The number of nitriles is 1. The summed E-state index contributed by atoms with van der Waals surface area (Å²) in [6, 6.07) is 11.0. The van der Waals surface area contributed by atoms with Crippen molar-refractivity contribution in [3.8, 4) is 6.07 Å². The van der Waals surface area contributed by atoms with Crippen molar-refractivity contribution in [2.45, 2.75) is 44.3 Å². The van der Waals surface area contributed by atoms with E-state index in [0.717, 1.165) is 45.3 Å². The minimum Gasteiger partial charge on any atom is -0.313 e. The summed E-state index contributed by atoms with van der Waals surface area (Å²) < 4.78 is 0. The van der Waals surface area contributed by atoms with Gasteiger partial charge in [0.15, 0.2) is 0 Å². The predicted molar refractivity (Wildman–Crippen MR) is 75.0 cm³/mol. The monoisotopic (exact) mass is 255 g/mol. The van der Waals surface area contributed by atoms with Gasteiger partial charge in [0.05, 0.1) is 6.07 Å². The minimum atomic E-state index is -0.563. The van der Waals surface area contributed by atoms with Crippen LogP contribution in [0.15, 0.2) is 24.3 Å². The lowest BCUT2D eigenvalue weighted by Crippen LogP contribution is -2.42. The lowest BCUT2D eigenvalue weighted by molar-refractivity contribution is 0.242. The second kappa shape index (κ2) is 4.96. The third kappa shape index (κ3) is 2.39. The summed E-state index contributed by atoms with van der Waals surface area (Å²) in [7, 11) is 0. The fourth-order valence-corrected chi connectivity index (χ4v) is 3.55. The molecule has 0 saturated heterocycles. The van der Waals surface area contributed by atoms with Gasteiger partial charge in [0, 0.05) is 13.1 Å². The molecule has 1 aromatic rings. The molecule has 1 aliphatic carbocycles. The van der Waals surface area contributed by atoms with Crippen LogP contribution in [0.25, 0.3) is 0 Å². The summed E-state index contributed by atoms with van der Waals surface area (Å²) in [4.78, 5) is 2.47. The van der Waals surface area contributed by atoms with Crippen molar-refractivity contribution in [3.05, 3.63) is 35.4 Å². The van der Waals surface area contributed by atoms with E-state index in [-0.39, 0.29) is 0 Å². The van der Waals surface area contributed by atoms with Gasteiger partial charge in [-0.05, 0) is 42.9 Å². The van der Waals surface area contributed by atoms with Gasteiger partial charge in [0.25, 0.3) is 0 Å². The molecule has 2 aliphatic rings. The molecule has 2 atom stereocenters.